The van der Waals surface area contributed by atoms with Crippen LogP contribution in [0.4, 0.5) is 0 Å². The molecule has 2 aromatic carbocycles. The van der Waals surface area contributed by atoms with Crippen molar-refractivity contribution in [1.82, 2.24) is 24.0 Å². The molecule has 4 aromatic rings. The topological polar surface area (TPSA) is 90.9 Å². The lowest BCUT2D eigenvalue weighted by molar-refractivity contribution is -0.122. The number of hydrogen-bond acceptors (Lipinski definition) is 4. The predicted octanol–water partition coefficient (Wildman–Crippen LogP) is 2.31. The number of imidazole rings is 1. The Morgan fingerprint density at radius 3 is 2.33 bits per heavy atom. The van der Waals surface area contributed by atoms with E-state index < -0.39 is 11.2 Å². The minimum absolute atomic E-state index is 0.0635. The number of nitrogens with zero attached hydrogens (tertiary/aromatic N) is 4. The van der Waals surface area contributed by atoms with Crippen molar-refractivity contribution < 1.29 is 4.79 Å². The Hall–Kier alpha value is -3.94. The number of carbonyl (C=O) groups excluding carboxylic acids is 1. The monoisotopic (exact) mass is 445 g/mol. The number of benzene rings is 2. The first-order valence-electron chi connectivity index (χ1n) is 10.9. The highest BCUT2D eigenvalue weighted by molar-refractivity contribution is 5.79. The first-order valence-corrected chi connectivity index (χ1v) is 10.9. The molecule has 0 saturated carbocycles. The number of amides is 1. The minimum Gasteiger partial charge on any atom is -0.348 e. The summed E-state index contributed by atoms with van der Waals surface area (Å²) < 4.78 is 3.83. The van der Waals surface area contributed by atoms with Gasteiger partial charge >= 0.3 is 5.69 Å². The summed E-state index contributed by atoms with van der Waals surface area (Å²) in [4.78, 5) is 41.9. The van der Waals surface area contributed by atoms with Crippen molar-refractivity contribution in [3.05, 3.63) is 99.0 Å². The molecule has 0 aliphatic heterocycles. The van der Waals surface area contributed by atoms with Crippen LogP contribution in [0.2, 0.25) is 0 Å². The van der Waals surface area contributed by atoms with Gasteiger partial charge in [0.2, 0.25) is 5.91 Å². The summed E-state index contributed by atoms with van der Waals surface area (Å²) in [7, 11) is 2.97. The van der Waals surface area contributed by atoms with Gasteiger partial charge in [0.1, 0.15) is 6.54 Å². The summed E-state index contributed by atoms with van der Waals surface area (Å²) in [6.45, 7) is -0.0635. The van der Waals surface area contributed by atoms with E-state index in [2.05, 4.69) is 22.4 Å². The molecule has 0 fully saturated rings. The van der Waals surface area contributed by atoms with E-state index in [1.54, 1.807) is 7.05 Å². The maximum absolute atomic E-state index is 13.0. The van der Waals surface area contributed by atoms with Crippen LogP contribution in [-0.4, -0.2) is 24.6 Å². The van der Waals surface area contributed by atoms with E-state index in [0.29, 0.717) is 0 Å². The van der Waals surface area contributed by atoms with Crippen molar-refractivity contribution >= 4 is 17.1 Å². The average molecular weight is 446 g/mol. The fourth-order valence-electron chi connectivity index (χ4n) is 4.07. The Bertz CT molecular complexity index is 1370. The second-order valence-corrected chi connectivity index (χ2v) is 8.16. The summed E-state index contributed by atoms with van der Waals surface area (Å²) in [5.41, 5.74) is 1.87. The Morgan fingerprint density at radius 1 is 0.970 bits per heavy atom. The van der Waals surface area contributed by atoms with E-state index in [1.165, 1.54) is 28.1 Å². The van der Waals surface area contributed by atoms with E-state index in [4.69, 9.17) is 0 Å². The largest absolute Gasteiger partial charge is 0.348 e. The quantitative estimate of drug-likeness (QED) is 0.451. The average Bonchev–Trinajstić information content (AvgIpc) is 3.25. The van der Waals surface area contributed by atoms with Gasteiger partial charge in [-0.25, -0.2) is 9.78 Å². The molecule has 8 nitrogen and oxygen atoms in total. The van der Waals surface area contributed by atoms with Gasteiger partial charge in [-0.1, -0.05) is 60.7 Å². The zero-order valence-electron chi connectivity index (χ0n) is 18.8. The molecule has 170 valence electrons. The van der Waals surface area contributed by atoms with E-state index in [-0.39, 0.29) is 29.7 Å². The minimum atomic E-state index is -0.471. The van der Waals surface area contributed by atoms with E-state index in [0.717, 1.165) is 29.4 Å². The molecule has 0 radical (unpaired) electrons. The summed E-state index contributed by atoms with van der Waals surface area (Å²) in [5.74, 6) is -0.223. The number of aryl methyl sites for hydroxylation is 2. The summed E-state index contributed by atoms with van der Waals surface area (Å²) in [6.07, 6.45) is 4.06. The van der Waals surface area contributed by atoms with E-state index >= 15 is 0 Å². The van der Waals surface area contributed by atoms with Gasteiger partial charge in [0, 0.05) is 14.1 Å². The molecule has 2 heterocycles. The van der Waals surface area contributed by atoms with Crippen molar-refractivity contribution in [2.24, 2.45) is 14.1 Å². The van der Waals surface area contributed by atoms with Crippen molar-refractivity contribution in [3.8, 4) is 0 Å². The Balaban J connectivity index is 1.51. The van der Waals surface area contributed by atoms with Crippen LogP contribution < -0.4 is 16.6 Å². The molecule has 33 heavy (non-hydrogen) atoms. The molecule has 1 N–H and O–H groups in total. The zero-order chi connectivity index (χ0) is 23.4. The molecule has 0 spiro atoms. The standard InChI is InChI=1S/C25H27N5O3/c1-28-23-22(24(32)29(2)25(28)33)30(17-26-23)16-21(31)27-20(19-13-7-4-8-14-19)15-9-12-18-10-5-3-6-11-18/h3-8,10-11,13-14,17,20H,9,12,15-16H2,1-2H3,(H,27,31). The van der Waals surface area contributed by atoms with Crippen molar-refractivity contribution in [3.63, 3.8) is 0 Å². The van der Waals surface area contributed by atoms with Gasteiger partial charge in [0.25, 0.3) is 5.56 Å². The number of aromatic nitrogens is 4. The molecule has 8 heteroatoms. The number of fused-ring (bicyclic) bond motifs is 1. The Kier molecular flexibility index (Phi) is 6.53. The first kappa shape index (κ1) is 22.3. The molecule has 0 saturated heterocycles. The molecule has 1 atom stereocenters. The van der Waals surface area contributed by atoms with Gasteiger partial charge in [-0.2, -0.15) is 0 Å². The van der Waals surface area contributed by atoms with Crippen molar-refractivity contribution in [1.29, 1.82) is 0 Å². The van der Waals surface area contributed by atoms with Crippen LogP contribution >= 0.6 is 0 Å². The van der Waals surface area contributed by atoms with Crippen molar-refractivity contribution in [2.75, 3.05) is 0 Å². The number of hydrogen-bond donors (Lipinski definition) is 1. The fraction of sp³-hybridized carbons (Fsp3) is 0.280. The second kappa shape index (κ2) is 9.68. The molecule has 4 rings (SSSR count). The van der Waals surface area contributed by atoms with Crippen LogP contribution in [0.25, 0.3) is 11.2 Å². The normalized spacial score (nSPS) is 12.1. The van der Waals surface area contributed by atoms with Crippen LogP contribution in [0.15, 0.2) is 76.6 Å². The van der Waals surface area contributed by atoms with Gasteiger partial charge in [0.05, 0.1) is 12.4 Å². The lowest BCUT2D eigenvalue weighted by Gasteiger charge is -2.20. The highest BCUT2D eigenvalue weighted by Crippen LogP contribution is 2.20. The van der Waals surface area contributed by atoms with Gasteiger partial charge in [0.15, 0.2) is 11.2 Å². The van der Waals surface area contributed by atoms with Crippen LogP contribution in [0.1, 0.15) is 30.0 Å². The van der Waals surface area contributed by atoms with Gasteiger partial charge in [-0.05, 0) is 30.4 Å². The Morgan fingerprint density at radius 2 is 1.64 bits per heavy atom. The Labute approximate surface area is 191 Å². The highest BCUT2D eigenvalue weighted by Gasteiger charge is 2.18. The highest BCUT2D eigenvalue weighted by atomic mass is 16.2. The molecule has 0 bridgehead atoms. The van der Waals surface area contributed by atoms with Gasteiger partial charge < -0.3 is 9.88 Å². The summed E-state index contributed by atoms with van der Waals surface area (Å²) >= 11 is 0. The third-order valence-corrected chi connectivity index (χ3v) is 5.87. The van der Waals surface area contributed by atoms with Gasteiger partial charge in [-0.15, -0.1) is 0 Å². The lowest BCUT2D eigenvalue weighted by Crippen LogP contribution is -2.38. The SMILES string of the molecule is Cn1c(=O)c2c(ncn2CC(=O)NC(CCCc2ccccc2)c2ccccc2)n(C)c1=O. The summed E-state index contributed by atoms with van der Waals surface area (Å²) in [5, 5.41) is 3.12. The molecule has 2 aromatic heterocycles. The first-order chi connectivity index (χ1) is 16.0. The number of carbonyl (C=O) groups is 1. The van der Waals surface area contributed by atoms with Crippen LogP contribution in [0.5, 0.6) is 0 Å². The maximum Gasteiger partial charge on any atom is 0.332 e. The molecule has 0 aliphatic rings. The van der Waals surface area contributed by atoms with Gasteiger partial charge in [-0.3, -0.25) is 18.7 Å². The van der Waals surface area contributed by atoms with Crippen molar-refractivity contribution in [2.45, 2.75) is 31.8 Å². The molecule has 1 unspecified atom stereocenters. The molecular formula is C25H27N5O3. The smallest absolute Gasteiger partial charge is 0.332 e. The van der Waals surface area contributed by atoms with Crippen LogP contribution in [0, 0.1) is 0 Å². The van der Waals surface area contributed by atoms with E-state index in [9.17, 15) is 14.4 Å². The third kappa shape index (κ3) is 4.79. The van der Waals surface area contributed by atoms with E-state index in [1.807, 2.05) is 48.5 Å². The molecular weight excluding hydrogens is 418 g/mol. The van der Waals surface area contributed by atoms with Crippen LogP contribution in [-0.2, 0) is 31.9 Å². The number of nitrogens with one attached hydrogen (secondary N) is 1. The third-order valence-electron chi connectivity index (χ3n) is 5.87. The predicted molar refractivity (Wildman–Crippen MR) is 127 cm³/mol. The number of rotatable bonds is 8. The second-order valence-electron chi connectivity index (χ2n) is 8.16. The fourth-order valence-corrected chi connectivity index (χ4v) is 4.07. The maximum atomic E-state index is 13.0. The van der Waals surface area contributed by atoms with Crippen LogP contribution in [0.3, 0.4) is 0 Å². The lowest BCUT2D eigenvalue weighted by atomic mass is 9.99. The molecule has 1 amide bonds. The molecule has 0 aliphatic carbocycles. The summed E-state index contributed by atoms with van der Waals surface area (Å²) in [6, 6.07) is 20.0. The zero-order valence-corrected chi connectivity index (χ0v) is 18.8.